The standard InChI is InChI=1S/C9H8O4.C8H8/c1-5-6(8(10)11)3-2-4-7(5)9(12)13;1-2-8-5-3-7(1)4-6-8/h2-4H,1H3,(H,10,11)(H,12,13);1-3,5H,4,6H2. The zero-order chi connectivity index (χ0) is 15.4. The summed E-state index contributed by atoms with van der Waals surface area (Å²) in [5.41, 5.74) is 3.31. The number of aryl methyl sites for hydroxylation is 2. The van der Waals surface area contributed by atoms with Crippen LogP contribution in [0.1, 0.15) is 37.4 Å². The molecule has 0 saturated carbocycles. The Hall–Kier alpha value is -2.62. The molecule has 2 bridgehead atoms. The Balaban J connectivity index is 0.000000170. The lowest BCUT2D eigenvalue weighted by Gasteiger charge is -2.09. The van der Waals surface area contributed by atoms with E-state index in [9.17, 15) is 9.59 Å². The number of aromatic carboxylic acids is 2. The van der Waals surface area contributed by atoms with Crippen molar-refractivity contribution in [2.24, 2.45) is 0 Å². The second kappa shape index (κ2) is 6.22. The molecule has 2 aliphatic rings. The first-order valence-electron chi connectivity index (χ1n) is 6.63. The van der Waals surface area contributed by atoms with E-state index >= 15 is 0 Å². The number of carbonyl (C=O) groups is 2. The van der Waals surface area contributed by atoms with Gasteiger partial charge in [0.15, 0.2) is 0 Å². The van der Waals surface area contributed by atoms with Gasteiger partial charge in [0.1, 0.15) is 0 Å². The number of hydrogen-bond donors (Lipinski definition) is 2. The minimum Gasteiger partial charge on any atom is -0.478 e. The molecule has 0 fully saturated rings. The van der Waals surface area contributed by atoms with Crippen molar-refractivity contribution in [3.63, 3.8) is 0 Å². The van der Waals surface area contributed by atoms with Crippen molar-refractivity contribution in [1.82, 2.24) is 0 Å². The van der Waals surface area contributed by atoms with Crippen LogP contribution in [0, 0.1) is 6.92 Å². The first-order chi connectivity index (χ1) is 9.99. The van der Waals surface area contributed by atoms with Gasteiger partial charge in [0.25, 0.3) is 0 Å². The molecule has 2 aromatic carbocycles. The molecule has 21 heavy (non-hydrogen) atoms. The fourth-order valence-corrected chi connectivity index (χ4v) is 2.26. The van der Waals surface area contributed by atoms with Gasteiger partial charge in [-0.2, -0.15) is 0 Å². The largest absolute Gasteiger partial charge is 0.478 e. The van der Waals surface area contributed by atoms with E-state index in [0.717, 1.165) is 0 Å². The Morgan fingerprint density at radius 1 is 0.810 bits per heavy atom. The van der Waals surface area contributed by atoms with Crippen molar-refractivity contribution in [3.8, 4) is 0 Å². The van der Waals surface area contributed by atoms with E-state index in [1.165, 1.54) is 49.1 Å². The molecule has 4 nitrogen and oxygen atoms in total. The van der Waals surface area contributed by atoms with Gasteiger partial charge in [0.05, 0.1) is 11.1 Å². The third kappa shape index (κ3) is 3.48. The van der Waals surface area contributed by atoms with Crippen molar-refractivity contribution in [1.29, 1.82) is 0 Å². The van der Waals surface area contributed by atoms with Crippen molar-refractivity contribution in [2.75, 3.05) is 0 Å². The predicted molar refractivity (Wildman–Crippen MR) is 78.9 cm³/mol. The zero-order valence-corrected chi connectivity index (χ0v) is 11.7. The molecule has 108 valence electrons. The molecule has 0 atom stereocenters. The highest BCUT2D eigenvalue weighted by molar-refractivity contribution is 5.96. The lowest BCUT2D eigenvalue weighted by molar-refractivity contribution is 0.0696. The first kappa shape index (κ1) is 14.8. The van der Waals surface area contributed by atoms with Crippen LogP contribution in [0.3, 0.4) is 0 Å². The van der Waals surface area contributed by atoms with Crippen molar-refractivity contribution < 1.29 is 19.8 Å². The van der Waals surface area contributed by atoms with Gasteiger partial charge in [0.2, 0.25) is 0 Å². The maximum atomic E-state index is 10.6. The number of carboxylic acids is 2. The van der Waals surface area contributed by atoms with Crippen LogP contribution in [0.15, 0.2) is 42.5 Å². The third-order valence-corrected chi connectivity index (χ3v) is 3.52. The van der Waals surface area contributed by atoms with E-state index in [2.05, 4.69) is 24.3 Å². The van der Waals surface area contributed by atoms with E-state index in [1.54, 1.807) is 0 Å². The summed E-state index contributed by atoms with van der Waals surface area (Å²) in [4.78, 5) is 21.2. The van der Waals surface area contributed by atoms with Crippen LogP contribution in [0.5, 0.6) is 0 Å². The Labute approximate surface area is 122 Å². The average Bonchev–Trinajstić information content (AvgIpc) is 2.49. The van der Waals surface area contributed by atoms with Crippen molar-refractivity contribution in [2.45, 2.75) is 19.8 Å². The molecular weight excluding hydrogens is 268 g/mol. The maximum Gasteiger partial charge on any atom is 0.335 e. The summed E-state index contributed by atoms with van der Waals surface area (Å²) in [6.45, 7) is 1.48. The van der Waals surface area contributed by atoms with Crippen molar-refractivity contribution >= 4 is 11.9 Å². The lowest BCUT2D eigenvalue weighted by atomic mass is 9.97. The van der Waals surface area contributed by atoms with Crippen LogP contribution in [-0.2, 0) is 12.8 Å². The molecule has 0 radical (unpaired) electrons. The topological polar surface area (TPSA) is 74.6 Å². The van der Waals surface area contributed by atoms with E-state index in [4.69, 9.17) is 10.2 Å². The van der Waals surface area contributed by atoms with Crippen LogP contribution < -0.4 is 0 Å². The summed E-state index contributed by atoms with van der Waals surface area (Å²) < 4.78 is 0. The highest BCUT2D eigenvalue weighted by Gasteiger charge is 2.13. The summed E-state index contributed by atoms with van der Waals surface area (Å²) in [6, 6.07) is 13.0. The normalized spacial score (nSPS) is 11.5. The molecule has 2 N–H and O–H groups in total. The van der Waals surface area contributed by atoms with E-state index in [-0.39, 0.29) is 16.7 Å². The van der Waals surface area contributed by atoms with Gasteiger partial charge in [-0.25, -0.2) is 9.59 Å². The van der Waals surface area contributed by atoms with E-state index in [1.807, 2.05) is 0 Å². The third-order valence-electron chi connectivity index (χ3n) is 3.52. The minimum atomic E-state index is -1.11. The summed E-state index contributed by atoms with van der Waals surface area (Å²) in [7, 11) is 0. The second-order valence-corrected chi connectivity index (χ2v) is 4.90. The molecule has 0 aromatic heterocycles. The Bertz CT molecular complexity index is 616. The van der Waals surface area contributed by atoms with Gasteiger partial charge < -0.3 is 10.2 Å². The fraction of sp³-hybridized carbons (Fsp3) is 0.176. The molecule has 4 heteroatoms. The van der Waals surface area contributed by atoms with Crippen LogP contribution >= 0.6 is 0 Å². The smallest absolute Gasteiger partial charge is 0.335 e. The summed E-state index contributed by atoms with van der Waals surface area (Å²) in [6.07, 6.45) is 2.53. The van der Waals surface area contributed by atoms with Crippen LogP contribution in [0.2, 0.25) is 0 Å². The second-order valence-electron chi connectivity index (χ2n) is 4.90. The Morgan fingerprint density at radius 2 is 1.19 bits per heavy atom. The fourth-order valence-electron chi connectivity index (χ4n) is 2.26. The van der Waals surface area contributed by atoms with Crippen LogP contribution in [-0.4, -0.2) is 22.2 Å². The highest BCUT2D eigenvalue weighted by Crippen LogP contribution is 2.14. The van der Waals surface area contributed by atoms with Crippen LogP contribution in [0.4, 0.5) is 0 Å². The van der Waals surface area contributed by atoms with Crippen molar-refractivity contribution in [3.05, 3.63) is 70.3 Å². The van der Waals surface area contributed by atoms with Gasteiger partial charge in [0, 0.05) is 0 Å². The average molecular weight is 284 g/mol. The molecule has 0 amide bonds. The number of hydrogen-bond acceptors (Lipinski definition) is 2. The van der Waals surface area contributed by atoms with Gasteiger partial charge in [-0.05, 0) is 48.6 Å². The molecule has 0 aliphatic heterocycles. The van der Waals surface area contributed by atoms with Gasteiger partial charge in [-0.1, -0.05) is 30.3 Å². The number of rotatable bonds is 2. The lowest BCUT2D eigenvalue weighted by Crippen LogP contribution is -2.06. The zero-order valence-electron chi connectivity index (χ0n) is 11.7. The molecule has 0 saturated heterocycles. The van der Waals surface area contributed by atoms with Gasteiger partial charge in [-0.15, -0.1) is 0 Å². The molecule has 2 aromatic rings. The SMILES string of the molecule is Cc1c(C(=O)O)cccc1C(=O)O.c1cc2ccc1CC2. The van der Waals surface area contributed by atoms with E-state index < -0.39 is 11.9 Å². The quantitative estimate of drug-likeness (QED) is 0.888. The molecular formula is C17H16O4. The Morgan fingerprint density at radius 3 is 1.43 bits per heavy atom. The van der Waals surface area contributed by atoms with E-state index in [0.29, 0.717) is 0 Å². The van der Waals surface area contributed by atoms with Gasteiger partial charge >= 0.3 is 11.9 Å². The highest BCUT2D eigenvalue weighted by atomic mass is 16.4. The minimum absolute atomic E-state index is 0.0277. The van der Waals surface area contributed by atoms with Gasteiger partial charge in [-0.3, -0.25) is 0 Å². The molecule has 4 rings (SSSR count). The molecule has 0 heterocycles. The number of fused-ring (bicyclic) bond motifs is 3. The number of carboxylic acid groups (broad SMARTS) is 2. The first-order valence-corrected chi connectivity index (χ1v) is 6.63. The summed E-state index contributed by atoms with van der Waals surface area (Å²) >= 11 is 0. The predicted octanol–water partition coefficient (Wildman–Crippen LogP) is 3.18. The monoisotopic (exact) mass is 284 g/mol. The molecule has 2 aliphatic carbocycles. The molecule has 0 spiro atoms. The summed E-state index contributed by atoms with van der Waals surface area (Å²) in [5.74, 6) is -2.22. The maximum absolute atomic E-state index is 10.6. The number of benzene rings is 2. The molecule has 0 unspecified atom stereocenters. The van der Waals surface area contributed by atoms with Crippen LogP contribution in [0.25, 0.3) is 0 Å². The Kier molecular flexibility index (Phi) is 4.38. The summed E-state index contributed by atoms with van der Waals surface area (Å²) in [5, 5.41) is 17.4.